The van der Waals surface area contributed by atoms with Gasteiger partial charge in [0.2, 0.25) is 0 Å². The van der Waals surface area contributed by atoms with Crippen LogP contribution in [0.3, 0.4) is 0 Å². The Morgan fingerprint density at radius 1 is 1.18 bits per heavy atom. The van der Waals surface area contributed by atoms with Crippen LogP contribution in [0.4, 0.5) is 11.5 Å². The zero-order chi connectivity index (χ0) is 24.5. The molecule has 6 nitrogen and oxygen atoms in total. The Hall–Kier alpha value is -3.02. The highest BCUT2D eigenvalue weighted by atomic mass is 16.1. The van der Waals surface area contributed by atoms with Gasteiger partial charge in [-0.05, 0) is 66.5 Å². The summed E-state index contributed by atoms with van der Waals surface area (Å²) < 4.78 is 0. The third-order valence-corrected chi connectivity index (χ3v) is 7.10. The lowest BCUT2D eigenvalue weighted by atomic mass is 9.68. The number of fused-ring (bicyclic) bond motifs is 1. The zero-order valence-corrected chi connectivity index (χ0v) is 21.4. The molecule has 1 amide bonds. The molecule has 34 heavy (non-hydrogen) atoms. The maximum atomic E-state index is 13.2. The van der Waals surface area contributed by atoms with Crippen LogP contribution in [0.15, 0.2) is 42.6 Å². The Morgan fingerprint density at radius 3 is 2.71 bits per heavy atom. The van der Waals surface area contributed by atoms with E-state index in [0.29, 0.717) is 11.5 Å². The predicted octanol–water partition coefficient (Wildman–Crippen LogP) is 6.15. The number of anilines is 2. The summed E-state index contributed by atoms with van der Waals surface area (Å²) in [6.45, 7) is 12.0. The van der Waals surface area contributed by atoms with Crippen LogP contribution in [0, 0.1) is 10.8 Å². The molecule has 1 aromatic carbocycles. The van der Waals surface area contributed by atoms with Crippen LogP contribution in [0.2, 0.25) is 0 Å². The highest BCUT2D eigenvalue weighted by Gasteiger charge is 2.38. The number of H-pyrrole nitrogens is 1. The molecule has 2 atom stereocenters. The third kappa shape index (κ3) is 5.37. The van der Waals surface area contributed by atoms with E-state index in [2.05, 4.69) is 67.7 Å². The van der Waals surface area contributed by atoms with Gasteiger partial charge in [0.15, 0.2) is 0 Å². The molecule has 0 saturated heterocycles. The topological polar surface area (TPSA) is 81.8 Å². The second kappa shape index (κ2) is 9.32. The monoisotopic (exact) mass is 461 g/mol. The van der Waals surface area contributed by atoms with Crippen molar-refractivity contribution in [3.63, 3.8) is 0 Å². The van der Waals surface area contributed by atoms with Gasteiger partial charge in [-0.25, -0.2) is 4.98 Å². The van der Waals surface area contributed by atoms with Crippen molar-refractivity contribution < 1.29 is 4.79 Å². The number of carbonyl (C=O) groups excluding carboxylic acids is 1. The summed E-state index contributed by atoms with van der Waals surface area (Å²) in [5, 5.41) is 11.2. The molecule has 2 heterocycles. The van der Waals surface area contributed by atoms with E-state index >= 15 is 0 Å². The molecule has 0 radical (unpaired) electrons. The molecule has 6 heteroatoms. The Balaban J connectivity index is 1.49. The highest BCUT2D eigenvalue weighted by Crippen LogP contribution is 2.43. The fourth-order valence-electron chi connectivity index (χ4n) is 4.80. The van der Waals surface area contributed by atoms with Crippen molar-refractivity contribution in [1.29, 1.82) is 0 Å². The molecule has 2 unspecified atom stereocenters. The number of hydrogen-bond acceptors (Lipinski definition) is 4. The van der Waals surface area contributed by atoms with Crippen molar-refractivity contribution in [1.82, 2.24) is 15.3 Å². The van der Waals surface area contributed by atoms with E-state index < -0.39 is 0 Å². The van der Waals surface area contributed by atoms with Gasteiger partial charge in [-0.1, -0.05) is 34.6 Å². The first kappa shape index (κ1) is 24.1. The van der Waals surface area contributed by atoms with Gasteiger partial charge in [-0.3, -0.25) is 4.79 Å². The molecule has 1 saturated carbocycles. The summed E-state index contributed by atoms with van der Waals surface area (Å²) in [5.41, 5.74) is 4.09. The van der Waals surface area contributed by atoms with E-state index in [-0.39, 0.29) is 22.8 Å². The Kier molecular flexibility index (Phi) is 6.61. The maximum absolute atomic E-state index is 13.2. The van der Waals surface area contributed by atoms with Gasteiger partial charge in [0.1, 0.15) is 5.82 Å². The number of rotatable bonds is 6. The van der Waals surface area contributed by atoms with Crippen molar-refractivity contribution >= 4 is 28.3 Å². The van der Waals surface area contributed by atoms with Crippen molar-refractivity contribution in [2.24, 2.45) is 10.8 Å². The van der Waals surface area contributed by atoms with Gasteiger partial charge in [-0.15, -0.1) is 0 Å². The molecule has 4 N–H and O–H groups in total. The summed E-state index contributed by atoms with van der Waals surface area (Å²) in [6.07, 6.45) is 4.90. The summed E-state index contributed by atoms with van der Waals surface area (Å²) >= 11 is 0. The van der Waals surface area contributed by atoms with Crippen molar-refractivity contribution in [2.75, 3.05) is 24.2 Å². The van der Waals surface area contributed by atoms with Crippen LogP contribution in [-0.2, 0) is 0 Å². The van der Waals surface area contributed by atoms with Crippen molar-refractivity contribution in [2.45, 2.75) is 65.8 Å². The van der Waals surface area contributed by atoms with E-state index in [4.69, 9.17) is 4.98 Å². The molecule has 1 aliphatic carbocycles. The summed E-state index contributed by atoms with van der Waals surface area (Å²) in [7, 11) is 1.92. The zero-order valence-electron chi connectivity index (χ0n) is 21.4. The highest BCUT2D eigenvalue weighted by molar-refractivity contribution is 5.98. The van der Waals surface area contributed by atoms with Crippen LogP contribution < -0.4 is 16.0 Å². The molecule has 4 rings (SSSR count). The standard InChI is InChI=1S/C28H39N5O/c1-27(2,3)17-31-23-10-9-22(32-25(23)29-6)18-11-13-28(4,5)24(16-18)33-26(34)20-7-8-21-19(15-20)12-14-30-21/h7-10,12,14-15,18,24,30-31H,11,13,16-17H2,1-6H3,(H,29,32)(H,33,34). The lowest BCUT2D eigenvalue weighted by Crippen LogP contribution is -2.48. The Bertz CT molecular complexity index is 1160. The van der Waals surface area contributed by atoms with Crippen molar-refractivity contribution in [3.05, 3.63) is 53.9 Å². The number of pyridine rings is 1. The molecular weight excluding hydrogens is 422 g/mol. The molecule has 0 aliphatic heterocycles. The molecule has 1 aliphatic rings. The van der Waals surface area contributed by atoms with Gasteiger partial charge >= 0.3 is 0 Å². The normalized spacial score (nSPS) is 20.2. The minimum Gasteiger partial charge on any atom is -0.382 e. The van der Waals surface area contributed by atoms with E-state index in [1.54, 1.807) is 0 Å². The van der Waals surface area contributed by atoms with Crippen LogP contribution >= 0.6 is 0 Å². The predicted molar refractivity (Wildman–Crippen MR) is 142 cm³/mol. The number of carbonyl (C=O) groups is 1. The van der Waals surface area contributed by atoms with Gasteiger partial charge in [-0.2, -0.15) is 0 Å². The number of nitrogens with one attached hydrogen (secondary N) is 4. The van der Waals surface area contributed by atoms with Crippen molar-refractivity contribution in [3.8, 4) is 0 Å². The number of amides is 1. The molecule has 0 spiro atoms. The van der Waals surface area contributed by atoms with Gasteiger partial charge < -0.3 is 20.9 Å². The maximum Gasteiger partial charge on any atom is 0.251 e. The van der Waals surface area contributed by atoms with Crippen LogP contribution in [-0.4, -0.2) is 35.5 Å². The largest absolute Gasteiger partial charge is 0.382 e. The Morgan fingerprint density at radius 2 is 1.97 bits per heavy atom. The molecule has 1 fully saturated rings. The van der Waals surface area contributed by atoms with Crippen LogP contribution in [0.1, 0.15) is 75.9 Å². The quantitative estimate of drug-likeness (QED) is 0.355. The van der Waals surface area contributed by atoms with Crippen LogP contribution in [0.25, 0.3) is 10.9 Å². The fraction of sp³-hybridized carbons (Fsp3) is 0.500. The molecule has 0 bridgehead atoms. The SMILES string of the molecule is CNc1nc(C2CCC(C)(C)C(NC(=O)c3ccc4[nH]ccc4c3)C2)ccc1NCC(C)(C)C. The lowest BCUT2D eigenvalue weighted by molar-refractivity contribution is 0.0836. The number of benzene rings is 1. The number of hydrogen-bond donors (Lipinski definition) is 4. The Labute approximate surface area is 203 Å². The van der Waals surface area contributed by atoms with Gasteiger partial charge in [0, 0.05) is 53.9 Å². The average Bonchev–Trinajstić information content (AvgIpc) is 3.26. The number of aromatic nitrogens is 2. The molecule has 3 aromatic rings. The first-order valence-electron chi connectivity index (χ1n) is 12.4. The lowest BCUT2D eigenvalue weighted by Gasteiger charge is -2.42. The molecular formula is C28H39N5O. The number of aromatic amines is 1. The van der Waals surface area contributed by atoms with E-state index in [1.807, 2.05) is 37.5 Å². The first-order chi connectivity index (χ1) is 16.1. The third-order valence-electron chi connectivity index (χ3n) is 7.10. The van der Waals surface area contributed by atoms with E-state index in [0.717, 1.165) is 53.9 Å². The summed E-state index contributed by atoms with van der Waals surface area (Å²) in [6, 6.07) is 12.2. The minimum atomic E-state index is -0.00701. The molecule has 182 valence electrons. The average molecular weight is 462 g/mol. The van der Waals surface area contributed by atoms with E-state index in [9.17, 15) is 4.79 Å². The van der Waals surface area contributed by atoms with Gasteiger partial charge in [0.25, 0.3) is 5.91 Å². The fourth-order valence-corrected chi connectivity index (χ4v) is 4.80. The first-order valence-corrected chi connectivity index (χ1v) is 12.4. The van der Waals surface area contributed by atoms with Gasteiger partial charge in [0.05, 0.1) is 5.69 Å². The van der Waals surface area contributed by atoms with Crippen LogP contribution in [0.5, 0.6) is 0 Å². The summed E-state index contributed by atoms with van der Waals surface area (Å²) in [5.74, 6) is 1.19. The minimum absolute atomic E-state index is 0.00701. The van der Waals surface area contributed by atoms with E-state index in [1.165, 1.54) is 0 Å². The number of nitrogens with zero attached hydrogens (tertiary/aromatic N) is 1. The second-order valence-electron chi connectivity index (χ2n) is 11.6. The second-order valence-corrected chi connectivity index (χ2v) is 11.6. The molecule has 2 aromatic heterocycles. The summed E-state index contributed by atoms with van der Waals surface area (Å²) in [4.78, 5) is 21.3. The smallest absolute Gasteiger partial charge is 0.251 e.